The lowest BCUT2D eigenvalue weighted by atomic mass is 10.2. The molecule has 4 nitrogen and oxygen atoms in total. The number of ether oxygens (including phenoxy) is 1. The fourth-order valence-corrected chi connectivity index (χ4v) is 1.80. The predicted octanol–water partition coefficient (Wildman–Crippen LogP) is 1.61. The van der Waals surface area contributed by atoms with Gasteiger partial charge in [-0.2, -0.15) is 0 Å². The highest BCUT2D eigenvalue weighted by molar-refractivity contribution is 5.69. The molecule has 0 aromatic heterocycles. The molecule has 0 radical (unpaired) electrons. The van der Waals surface area contributed by atoms with Crippen LogP contribution in [0.3, 0.4) is 0 Å². The molecule has 0 fully saturated rings. The average molecular weight is 264 g/mol. The first-order chi connectivity index (χ1) is 9.11. The van der Waals surface area contributed by atoms with Crippen LogP contribution in [0.5, 0.6) is 0 Å². The molecule has 1 rings (SSSR count). The second-order valence-electron chi connectivity index (χ2n) is 4.89. The van der Waals surface area contributed by atoms with E-state index in [1.165, 1.54) is 12.7 Å². The lowest BCUT2D eigenvalue weighted by molar-refractivity contribution is -0.141. The van der Waals surface area contributed by atoms with E-state index in [1.54, 1.807) is 0 Å². The van der Waals surface area contributed by atoms with Crippen LogP contribution in [0.25, 0.3) is 0 Å². The van der Waals surface area contributed by atoms with Crippen molar-refractivity contribution in [3.63, 3.8) is 0 Å². The van der Waals surface area contributed by atoms with Gasteiger partial charge in [-0.05, 0) is 19.7 Å². The molecule has 1 aromatic rings. The lowest BCUT2D eigenvalue weighted by Gasteiger charge is -2.23. The summed E-state index contributed by atoms with van der Waals surface area (Å²) in [4.78, 5) is 15.7. The summed E-state index contributed by atoms with van der Waals surface area (Å²) in [6.45, 7) is 3.52. The average Bonchev–Trinajstić information content (AvgIpc) is 2.42. The molecule has 0 heterocycles. The van der Waals surface area contributed by atoms with E-state index >= 15 is 0 Å². The molecule has 0 saturated heterocycles. The van der Waals surface area contributed by atoms with E-state index in [-0.39, 0.29) is 5.97 Å². The van der Waals surface area contributed by atoms with E-state index in [0.29, 0.717) is 6.42 Å². The van der Waals surface area contributed by atoms with E-state index in [2.05, 4.69) is 36.0 Å². The van der Waals surface area contributed by atoms with Crippen LogP contribution < -0.4 is 0 Å². The van der Waals surface area contributed by atoms with Gasteiger partial charge in [0.1, 0.15) is 0 Å². The summed E-state index contributed by atoms with van der Waals surface area (Å²) < 4.78 is 4.70. The third kappa shape index (κ3) is 6.94. The van der Waals surface area contributed by atoms with Crippen LogP contribution >= 0.6 is 0 Å². The summed E-state index contributed by atoms with van der Waals surface area (Å²) in [6, 6.07) is 10.3. The molecule has 0 aliphatic carbocycles. The fraction of sp³-hybridized carbons (Fsp3) is 0.533. The largest absolute Gasteiger partial charge is 0.469 e. The zero-order chi connectivity index (χ0) is 14.1. The molecule has 0 N–H and O–H groups in total. The quantitative estimate of drug-likeness (QED) is 0.668. The number of hydrogen-bond donors (Lipinski definition) is 0. The Hall–Kier alpha value is -1.39. The van der Waals surface area contributed by atoms with Gasteiger partial charge in [-0.15, -0.1) is 0 Å². The van der Waals surface area contributed by atoms with Gasteiger partial charge in [-0.3, -0.25) is 9.69 Å². The van der Waals surface area contributed by atoms with Crippen LogP contribution in [0, 0.1) is 0 Å². The van der Waals surface area contributed by atoms with E-state index < -0.39 is 0 Å². The van der Waals surface area contributed by atoms with Crippen LogP contribution in [-0.2, 0) is 16.1 Å². The summed E-state index contributed by atoms with van der Waals surface area (Å²) in [5, 5.41) is 0. The molecule has 106 valence electrons. The second-order valence-corrected chi connectivity index (χ2v) is 4.89. The first-order valence-electron chi connectivity index (χ1n) is 6.59. The molecule has 0 aliphatic heterocycles. The normalized spacial score (nSPS) is 11.0. The highest BCUT2D eigenvalue weighted by Crippen LogP contribution is 2.05. The molecular weight excluding hydrogens is 240 g/mol. The first kappa shape index (κ1) is 15.7. The van der Waals surface area contributed by atoms with Gasteiger partial charge >= 0.3 is 5.97 Å². The van der Waals surface area contributed by atoms with Crippen molar-refractivity contribution in [3.05, 3.63) is 35.9 Å². The third-order valence-corrected chi connectivity index (χ3v) is 2.97. The minimum Gasteiger partial charge on any atom is -0.469 e. The van der Waals surface area contributed by atoms with Crippen molar-refractivity contribution in [1.29, 1.82) is 0 Å². The molecule has 0 spiro atoms. The van der Waals surface area contributed by atoms with Crippen LogP contribution in [0.1, 0.15) is 12.0 Å². The van der Waals surface area contributed by atoms with Gasteiger partial charge < -0.3 is 9.64 Å². The van der Waals surface area contributed by atoms with Gasteiger partial charge in [0.15, 0.2) is 0 Å². The maximum atomic E-state index is 11.2. The maximum Gasteiger partial charge on any atom is 0.306 e. The molecule has 0 bridgehead atoms. The summed E-state index contributed by atoms with van der Waals surface area (Å²) in [5.41, 5.74) is 1.27. The zero-order valence-electron chi connectivity index (χ0n) is 12.1. The van der Waals surface area contributed by atoms with Crippen molar-refractivity contribution in [3.8, 4) is 0 Å². The number of likely N-dealkylation sites (N-methyl/N-ethyl adjacent to an activating group) is 1. The summed E-state index contributed by atoms with van der Waals surface area (Å²) in [6.07, 6.45) is 0.441. The number of methoxy groups -OCH3 is 1. The number of rotatable bonds is 8. The molecular formula is C15H24N2O2. The van der Waals surface area contributed by atoms with Gasteiger partial charge in [-0.1, -0.05) is 30.3 Å². The Morgan fingerprint density at radius 3 is 2.37 bits per heavy atom. The Labute approximate surface area is 116 Å². The fourth-order valence-electron chi connectivity index (χ4n) is 1.80. The van der Waals surface area contributed by atoms with E-state index in [9.17, 15) is 4.79 Å². The zero-order valence-corrected chi connectivity index (χ0v) is 12.1. The Morgan fingerprint density at radius 1 is 1.11 bits per heavy atom. The minimum atomic E-state index is -0.150. The van der Waals surface area contributed by atoms with Crippen molar-refractivity contribution < 1.29 is 9.53 Å². The smallest absolute Gasteiger partial charge is 0.306 e. The Kier molecular flexibility index (Phi) is 7.15. The molecule has 1 aromatic carbocycles. The summed E-state index contributed by atoms with van der Waals surface area (Å²) in [7, 11) is 5.55. The van der Waals surface area contributed by atoms with E-state index in [4.69, 9.17) is 4.74 Å². The molecule has 0 amide bonds. The molecule has 0 saturated carbocycles. The van der Waals surface area contributed by atoms with Crippen molar-refractivity contribution in [2.75, 3.05) is 40.8 Å². The second kappa shape index (κ2) is 8.67. The highest BCUT2D eigenvalue weighted by atomic mass is 16.5. The number of hydrogen-bond acceptors (Lipinski definition) is 4. The predicted molar refractivity (Wildman–Crippen MR) is 76.9 cm³/mol. The molecule has 19 heavy (non-hydrogen) atoms. The number of esters is 1. The van der Waals surface area contributed by atoms with Crippen LogP contribution in [0.15, 0.2) is 30.3 Å². The highest BCUT2D eigenvalue weighted by Gasteiger charge is 2.09. The van der Waals surface area contributed by atoms with Crippen LogP contribution in [-0.4, -0.2) is 56.6 Å². The SMILES string of the molecule is COC(=O)CCN(CCN(C)C)Cc1ccccc1. The van der Waals surface area contributed by atoms with Gasteiger partial charge in [0.05, 0.1) is 13.5 Å². The lowest BCUT2D eigenvalue weighted by Crippen LogP contribution is -2.33. The maximum absolute atomic E-state index is 11.2. The van der Waals surface area contributed by atoms with Crippen molar-refractivity contribution >= 4 is 5.97 Å². The first-order valence-corrected chi connectivity index (χ1v) is 6.59. The van der Waals surface area contributed by atoms with Gasteiger partial charge in [0, 0.05) is 26.2 Å². The number of benzene rings is 1. The van der Waals surface area contributed by atoms with E-state index in [1.807, 2.05) is 18.2 Å². The molecule has 0 aliphatic rings. The summed E-state index contributed by atoms with van der Waals surface area (Å²) >= 11 is 0. The van der Waals surface area contributed by atoms with Crippen LogP contribution in [0.2, 0.25) is 0 Å². The monoisotopic (exact) mass is 264 g/mol. The van der Waals surface area contributed by atoms with Gasteiger partial charge in [0.2, 0.25) is 0 Å². The minimum absolute atomic E-state index is 0.150. The number of nitrogens with zero attached hydrogens (tertiary/aromatic N) is 2. The Morgan fingerprint density at radius 2 is 1.79 bits per heavy atom. The van der Waals surface area contributed by atoms with Gasteiger partial charge in [0.25, 0.3) is 0 Å². The Balaban J connectivity index is 2.50. The van der Waals surface area contributed by atoms with Crippen molar-refractivity contribution in [2.45, 2.75) is 13.0 Å². The topological polar surface area (TPSA) is 32.8 Å². The molecule has 4 heteroatoms. The number of carbonyl (C=O) groups excluding carboxylic acids is 1. The molecule has 0 unspecified atom stereocenters. The standard InChI is InChI=1S/C15H24N2O2/c1-16(2)11-12-17(10-9-15(18)19-3)13-14-7-5-4-6-8-14/h4-8H,9-13H2,1-3H3. The van der Waals surface area contributed by atoms with E-state index in [0.717, 1.165) is 26.2 Å². The molecule has 0 atom stereocenters. The Bertz CT molecular complexity index is 366. The van der Waals surface area contributed by atoms with Crippen molar-refractivity contribution in [1.82, 2.24) is 9.80 Å². The summed E-state index contributed by atoms with van der Waals surface area (Å²) in [5.74, 6) is -0.150. The third-order valence-electron chi connectivity index (χ3n) is 2.97. The van der Waals surface area contributed by atoms with Crippen molar-refractivity contribution in [2.24, 2.45) is 0 Å². The number of carbonyl (C=O) groups is 1. The van der Waals surface area contributed by atoms with Crippen LogP contribution in [0.4, 0.5) is 0 Å². The van der Waals surface area contributed by atoms with Gasteiger partial charge in [-0.25, -0.2) is 0 Å².